The third-order valence-electron chi connectivity index (χ3n) is 5.65. The molecular formula is C19H18N2O3. The van der Waals surface area contributed by atoms with E-state index in [-0.39, 0.29) is 35.9 Å². The Morgan fingerprint density at radius 3 is 2.21 bits per heavy atom. The average molecular weight is 322 g/mol. The topological polar surface area (TPSA) is 74.5 Å². The van der Waals surface area contributed by atoms with E-state index < -0.39 is 0 Å². The minimum absolute atomic E-state index is 0.0337. The lowest BCUT2D eigenvalue weighted by Gasteiger charge is -2.29. The zero-order valence-electron chi connectivity index (χ0n) is 13.0. The van der Waals surface area contributed by atoms with Crippen LogP contribution in [0.1, 0.15) is 34.9 Å². The van der Waals surface area contributed by atoms with E-state index in [0.717, 1.165) is 27.8 Å². The van der Waals surface area contributed by atoms with Gasteiger partial charge in [0.15, 0.2) is 0 Å². The predicted octanol–water partition coefficient (Wildman–Crippen LogP) is 2.60. The van der Waals surface area contributed by atoms with Crippen molar-refractivity contribution >= 4 is 5.91 Å². The van der Waals surface area contributed by atoms with E-state index in [2.05, 4.69) is 17.6 Å². The quantitative estimate of drug-likeness (QED) is 0.761. The van der Waals surface area contributed by atoms with Crippen molar-refractivity contribution in [1.82, 2.24) is 4.68 Å². The fraction of sp³-hybridized carbons (Fsp3) is 0.316. The standard InChI is InChI=1S/C19H18N2O3/c22-15(8-10-4-2-1-3-5-10)20-21-18(23)16-11-6-7-12(14-9-13(11)14)17(16)19(21)24/h1-7,11-14,23-24H,8-9H2,(H,20,22). The molecule has 1 amide bonds. The van der Waals surface area contributed by atoms with Crippen molar-refractivity contribution in [3.8, 4) is 11.8 Å². The Labute approximate surface area is 139 Å². The van der Waals surface area contributed by atoms with E-state index in [1.165, 1.54) is 0 Å². The lowest BCUT2D eigenvalue weighted by atomic mass is 9.73. The van der Waals surface area contributed by atoms with Crippen molar-refractivity contribution in [3.63, 3.8) is 0 Å². The molecule has 4 atom stereocenters. The van der Waals surface area contributed by atoms with Gasteiger partial charge in [0.25, 0.3) is 0 Å². The first-order valence-corrected chi connectivity index (χ1v) is 8.33. The average Bonchev–Trinajstić information content (AvgIpc) is 3.37. The number of nitrogens with zero attached hydrogens (tertiary/aromatic N) is 1. The van der Waals surface area contributed by atoms with Crippen LogP contribution in [0.2, 0.25) is 0 Å². The Morgan fingerprint density at radius 1 is 1.04 bits per heavy atom. The Morgan fingerprint density at radius 2 is 1.62 bits per heavy atom. The Hall–Kier alpha value is -2.69. The molecule has 2 bridgehead atoms. The van der Waals surface area contributed by atoms with Gasteiger partial charge in [0.2, 0.25) is 17.7 Å². The molecule has 5 nitrogen and oxygen atoms in total. The molecule has 1 saturated carbocycles. The second-order valence-electron chi connectivity index (χ2n) is 7.01. The molecule has 5 heteroatoms. The second-order valence-corrected chi connectivity index (χ2v) is 7.01. The van der Waals surface area contributed by atoms with Gasteiger partial charge in [0, 0.05) is 23.0 Å². The SMILES string of the molecule is O=C(Cc1ccccc1)Nn1c(O)c2c(c1O)C1C=CC2C2CC12. The Kier molecular flexibility index (Phi) is 2.66. The molecule has 1 heterocycles. The van der Waals surface area contributed by atoms with E-state index in [0.29, 0.717) is 11.8 Å². The lowest BCUT2D eigenvalue weighted by molar-refractivity contribution is -0.116. The van der Waals surface area contributed by atoms with Crippen molar-refractivity contribution in [3.05, 3.63) is 59.2 Å². The molecule has 4 aliphatic carbocycles. The fourth-order valence-electron chi connectivity index (χ4n) is 4.50. The van der Waals surface area contributed by atoms with Gasteiger partial charge in [-0.3, -0.25) is 10.2 Å². The summed E-state index contributed by atoms with van der Waals surface area (Å²) in [7, 11) is 0. The van der Waals surface area contributed by atoms with Crippen LogP contribution in [0.4, 0.5) is 0 Å². The fourth-order valence-corrected chi connectivity index (χ4v) is 4.50. The summed E-state index contributed by atoms with van der Waals surface area (Å²) in [5.41, 5.74) is 5.10. The molecular weight excluding hydrogens is 304 g/mol. The normalized spacial score (nSPS) is 28.3. The van der Waals surface area contributed by atoms with Gasteiger partial charge < -0.3 is 10.2 Å². The zero-order chi connectivity index (χ0) is 16.4. The van der Waals surface area contributed by atoms with Crippen LogP contribution in [0, 0.1) is 11.8 Å². The summed E-state index contributed by atoms with van der Waals surface area (Å²) < 4.78 is 1.15. The summed E-state index contributed by atoms with van der Waals surface area (Å²) in [6, 6.07) is 9.39. The maximum Gasteiger partial charge on any atom is 0.243 e. The van der Waals surface area contributed by atoms with Gasteiger partial charge in [-0.25, -0.2) is 0 Å². The zero-order valence-corrected chi connectivity index (χ0v) is 13.0. The Balaban J connectivity index is 1.45. The van der Waals surface area contributed by atoms with E-state index in [4.69, 9.17) is 0 Å². The maximum atomic E-state index is 12.3. The number of aromatic nitrogens is 1. The molecule has 2 aromatic rings. The van der Waals surface area contributed by atoms with E-state index in [1.807, 2.05) is 30.3 Å². The highest BCUT2D eigenvalue weighted by Gasteiger charge is 2.57. The van der Waals surface area contributed by atoms with Crippen molar-refractivity contribution in [2.24, 2.45) is 11.8 Å². The van der Waals surface area contributed by atoms with Gasteiger partial charge in [0.05, 0.1) is 6.42 Å². The van der Waals surface area contributed by atoms with Gasteiger partial charge in [0.1, 0.15) is 0 Å². The van der Waals surface area contributed by atoms with Crippen LogP contribution < -0.4 is 5.43 Å². The number of carbonyl (C=O) groups excluding carboxylic acids is 1. The molecule has 0 spiro atoms. The minimum atomic E-state index is -0.274. The molecule has 6 rings (SSSR count). The second kappa shape index (κ2) is 4.66. The van der Waals surface area contributed by atoms with Gasteiger partial charge in [-0.05, 0) is 23.8 Å². The number of benzene rings is 1. The first-order valence-electron chi connectivity index (χ1n) is 8.33. The largest absolute Gasteiger partial charge is 0.493 e. The third-order valence-corrected chi connectivity index (χ3v) is 5.65. The summed E-state index contributed by atoms with van der Waals surface area (Å²) >= 11 is 0. The van der Waals surface area contributed by atoms with Crippen molar-refractivity contribution < 1.29 is 15.0 Å². The van der Waals surface area contributed by atoms with Crippen molar-refractivity contribution in [2.75, 3.05) is 5.43 Å². The predicted molar refractivity (Wildman–Crippen MR) is 88.5 cm³/mol. The summed E-state index contributed by atoms with van der Waals surface area (Å²) in [5, 5.41) is 21.2. The number of carbonyl (C=O) groups is 1. The molecule has 0 radical (unpaired) electrons. The van der Waals surface area contributed by atoms with E-state index >= 15 is 0 Å². The molecule has 4 unspecified atom stereocenters. The molecule has 1 aromatic carbocycles. The molecule has 0 saturated heterocycles. The molecule has 1 fully saturated rings. The molecule has 24 heavy (non-hydrogen) atoms. The Bertz CT molecular complexity index is 827. The summed E-state index contributed by atoms with van der Waals surface area (Å²) in [4.78, 5) is 12.3. The number of hydrogen-bond donors (Lipinski definition) is 3. The van der Waals surface area contributed by atoms with Crippen LogP contribution in [-0.2, 0) is 11.2 Å². The molecule has 0 aliphatic heterocycles. The van der Waals surface area contributed by atoms with Crippen LogP contribution in [0.15, 0.2) is 42.5 Å². The number of hydrogen-bond acceptors (Lipinski definition) is 3. The van der Waals surface area contributed by atoms with Crippen LogP contribution >= 0.6 is 0 Å². The van der Waals surface area contributed by atoms with Crippen LogP contribution in [-0.4, -0.2) is 20.8 Å². The highest BCUT2D eigenvalue weighted by molar-refractivity contribution is 5.86. The summed E-state index contributed by atoms with van der Waals surface area (Å²) in [6.07, 6.45) is 5.61. The summed E-state index contributed by atoms with van der Waals surface area (Å²) in [6.45, 7) is 0. The highest BCUT2D eigenvalue weighted by atomic mass is 16.3. The highest BCUT2D eigenvalue weighted by Crippen LogP contribution is 2.67. The van der Waals surface area contributed by atoms with Gasteiger partial charge >= 0.3 is 0 Å². The van der Waals surface area contributed by atoms with Crippen LogP contribution in [0.25, 0.3) is 0 Å². The van der Waals surface area contributed by atoms with Crippen molar-refractivity contribution in [2.45, 2.75) is 24.7 Å². The smallest absolute Gasteiger partial charge is 0.243 e. The number of nitrogens with one attached hydrogen (secondary N) is 1. The summed E-state index contributed by atoms with van der Waals surface area (Å²) in [5.74, 6) is 1.13. The van der Waals surface area contributed by atoms with Crippen LogP contribution in [0.5, 0.6) is 11.8 Å². The van der Waals surface area contributed by atoms with Gasteiger partial charge in [-0.15, -0.1) is 0 Å². The van der Waals surface area contributed by atoms with Crippen molar-refractivity contribution in [1.29, 1.82) is 0 Å². The monoisotopic (exact) mass is 322 g/mol. The molecule has 1 aromatic heterocycles. The number of rotatable bonds is 3. The van der Waals surface area contributed by atoms with E-state index in [9.17, 15) is 15.0 Å². The van der Waals surface area contributed by atoms with Crippen LogP contribution in [0.3, 0.4) is 0 Å². The lowest BCUT2D eigenvalue weighted by Crippen LogP contribution is -2.23. The number of amides is 1. The number of aromatic hydroxyl groups is 2. The molecule has 122 valence electrons. The molecule has 3 N–H and O–H groups in total. The van der Waals surface area contributed by atoms with Gasteiger partial charge in [-0.1, -0.05) is 42.5 Å². The first kappa shape index (κ1) is 13.7. The maximum absolute atomic E-state index is 12.3. The third kappa shape index (κ3) is 1.78. The van der Waals surface area contributed by atoms with E-state index in [1.54, 1.807) is 0 Å². The first-order chi connectivity index (χ1) is 11.6. The minimum Gasteiger partial charge on any atom is -0.493 e. The molecule has 4 aliphatic rings. The number of allylic oxidation sites excluding steroid dienone is 2. The van der Waals surface area contributed by atoms with Gasteiger partial charge in [-0.2, -0.15) is 4.68 Å².